The van der Waals surface area contributed by atoms with Crippen molar-refractivity contribution in [1.82, 2.24) is 10.2 Å². The Morgan fingerprint density at radius 3 is 2.05 bits per heavy atom. The van der Waals surface area contributed by atoms with Gasteiger partial charge in [0.15, 0.2) is 11.1 Å². The van der Waals surface area contributed by atoms with Gasteiger partial charge in [0.1, 0.15) is 12.0 Å². The van der Waals surface area contributed by atoms with Crippen LogP contribution in [0.15, 0.2) is 78.9 Å². The molecule has 0 saturated carbocycles. The Kier molecular flexibility index (Phi) is 9.50. The first-order valence-corrected chi connectivity index (χ1v) is 14.1. The van der Waals surface area contributed by atoms with E-state index in [1.165, 1.54) is 4.90 Å². The summed E-state index contributed by atoms with van der Waals surface area (Å²) in [5, 5.41) is 11.5. The maximum Gasteiger partial charge on any atom is 0.407 e. The summed E-state index contributed by atoms with van der Waals surface area (Å²) in [7, 11) is 0. The molecule has 1 amide bonds. The summed E-state index contributed by atoms with van der Waals surface area (Å²) in [6.07, 6.45) is -0.233. The number of nitrogens with zero attached hydrogens (tertiary/aromatic N) is 1. The van der Waals surface area contributed by atoms with Gasteiger partial charge in [-0.3, -0.25) is 9.69 Å². The van der Waals surface area contributed by atoms with Crippen LogP contribution in [0.1, 0.15) is 36.5 Å². The minimum Gasteiger partial charge on any atom is -0.480 e. The minimum absolute atomic E-state index is 0.0561. The maximum atomic E-state index is 13.1. The monoisotopic (exact) mass is 550 g/mol. The number of fused-ring (bicyclic) bond motifs is 3. The average Bonchev–Trinajstić information content (AvgIpc) is 3.21. The van der Waals surface area contributed by atoms with E-state index in [0.717, 1.165) is 27.8 Å². The van der Waals surface area contributed by atoms with E-state index in [1.807, 2.05) is 66.7 Å². The van der Waals surface area contributed by atoms with E-state index < -0.39 is 41.1 Å². The second-order valence-corrected chi connectivity index (χ2v) is 11.1. The predicted molar refractivity (Wildman–Crippen MR) is 151 cm³/mol. The summed E-state index contributed by atoms with van der Waals surface area (Å²) < 4.78 is 27.8. The number of nitrogens with one attached hydrogen (secondary N) is 1. The van der Waals surface area contributed by atoms with Crippen LogP contribution in [-0.4, -0.2) is 61.9 Å². The Hall–Kier alpha value is -3.53. The number of benzene rings is 3. The number of hydrogen-bond acceptors (Lipinski definition) is 5. The Labute approximate surface area is 231 Å². The maximum absolute atomic E-state index is 13.1. The molecule has 3 aromatic carbocycles. The molecule has 0 spiro atoms. The molecule has 0 aliphatic heterocycles. The molecule has 0 radical (unpaired) electrons. The van der Waals surface area contributed by atoms with E-state index in [2.05, 4.69) is 17.4 Å². The number of carbonyl (C=O) groups excluding carboxylic acids is 1. The summed E-state index contributed by atoms with van der Waals surface area (Å²) in [6.45, 7) is 3.29. The molecular formula is C30H34N2O6S. The van der Waals surface area contributed by atoms with Crippen LogP contribution in [0.4, 0.5) is 4.79 Å². The zero-order chi connectivity index (χ0) is 27.9. The molecule has 3 atom stereocenters. The summed E-state index contributed by atoms with van der Waals surface area (Å²) in [6, 6.07) is 25.1. The molecular weight excluding hydrogens is 516 g/mol. The Balaban J connectivity index is 1.51. The van der Waals surface area contributed by atoms with E-state index in [0.29, 0.717) is 6.42 Å². The number of ether oxygens (including phenoxy) is 1. The molecule has 4 rings (SSSR count). The Morgan fingerprint density at radius 2 is 1.51 bits per heavy atom. The number of amides is 1. The number of alkyl carbamates (subject to hydrolysis) is 1. The van der Waals surface area contributed by atoms with Crippen molar-refractivity contribution in [3.8, 4) is 11.1 Å². The summed E-state index contributed by atoms with van der Waals surface area (Å²) in [5.74, 6) is -1.51. The van der Waals surface area contributed by atoms with Crippen LogP contribution in [0, 0.1) is 5.92 Å². The molecule has 3 aromatic rings. The molecule has 3 N–H and O–H groups in total. The molecule has 0 fully saturated rings. The highest BCUT2D eigenvalue weighted by atomic mass is 32.2. The van der Waals surface area contributed by atoms with E-state index in [1.54, 1.807) is 13.8 Å². The van der Waals surface area contributed by atoms with Gasteiger partial charge in [-0.05, 0) is 40.2 Å². The third kappa shape index (κ3) is 7.11. The highest BCUT2D eigenvalue weighted by Crippen LogP contribution is 2.44. The van der Waals surface area contributed by atoms with Crippen molar-refractivity contribution in [2.24, 2.45) is 5.92 Å². The van der Waals surface area contributed by atoms with Crippen molar-refractivity contribution in [3.63, 3.8) is 0 Å². The lowest BCUT2D eigenvalue weighted by atomic mass is 9.98. The van der Waals surface area contributed by atoms with Gasteiger partial charge in [0.25, 0.3) is 0 Å². The van der Waals surface area contributed by atoms with Crippen molar-refractivity contribution < 1.29 is 28.2 Å². The smallest absolute Gasteiger partial charge is 0.407 e. The van der Waals surface area contributed by atoms with Gasteiger partial charge in [0, 0.05) is 18.5 Å². The highest BCUT2D eigenvalue weighted by molar-refractivity contribution is 7.79. The Bertz CT molecular complexity index is 1270. The van der Waals surface area contributed by atoms with Crippen LogP contribution in [0.25, 0.3) is 11.1 Å². The molecule has 1 unspecified atom stereocenters. The lowest BCUT2D eigenvalue weighted by Gasteiger charge is -2.33. The second-order valence-electron chi connectivity index (χ2n) is 10.1. The zero-order valence-electron chi connectivity index (χ0n) is 22.0. The fourth-order valence-electron chi connectivity index (χ4n) is 5.36. The number of carboxylic acid groups (broad SMARTS) is 1. The third-order valence-corrected chi connectivity index (χ3v) is 8.18. The Morgan fingerprint density at radius 1 is 0.949 bits per heavy atom. The van der Waals surface area contributed by atoms with Crippen LogP contribution in [-0.2, 0) is 27.0 Å². The van der Waals surface area contributed by atoms with Gasteiger partial charge in [0.2, 0.25) is 0 Å². The summed E-state index contributed by atoms with van der Waals surface area (Å²) >= 11 is -2.28. The summed E-state index contributed by atoms with van der Waals surface area (Å²) in [4.78, 5) is 26.2. The fraction of sp³-hybridized carbons (Fsp3) is 0.333. The van der Waals surface area contributed by atoms with Gasteiger partial charge in [-0.1, -0.05) is 92.7 Å². The molecule has 0 bridgehead atoms. The number of hydrogen-bond donors (Lipinski definition) is 3. The number of carboxylic acids is 1. The van der Waals surface area contributed by atoms with Crippen LogP contribution in [0.3, 0.4) is 0 Å². The van der Waals surface area contributed by atoms with E-state index >= 15 is 0 Å². The molecule has 8 nitrogen and oxygen atoms in total. The molecule has 1 aliphatic carbocycles. The quantitative estimate of drug-likeness (QED) is 0.279. The van der Waals surface area contributed by atoms with Crippen LogP contribution in [0.5, 0.6) is 0 Å². The van der Waals surface area contributed by atoms with E-state index in [4.69, 9.17) is 4.74 Å². The van der Waals surface area contributed by atoms with Crippen molar-refractivity contribution in [2.45, 2.75) is 37.6 Å². The van der Waals surface area contributed by atoms with Gasteiger partial charge >= 0.3 is 12.1 Å². The average molecular weight is 551 g/mol. The van der Waals surface area contributed by atoms with Gasteiger partial charge in [-0.2, -0.15) is 0 Å². The molecule has 0 saturated heterocycles. The van der Waals surface area contributed by atoms with E-state index in [9.17, 15) is 23.5 Å². The SMILES string of the molecule is CC(C)[C@@H](N(CC(=O)O)C[C@H](Cc1ccccc1)NC(=O)OCC1c2ccccc2-c2ccccc21)S(=O)O. The highest BCUT2D eigenvalue weighted by Gasteiger charge is 2.32. The first-order chi connectivity index (χ1) is 18.7. The molecule has 1 aliphatic rings. The van der Waals surface area contributed by atoms with Crippen LogP contribution < -0.4 is 5.32 Å². The van der Waals surface area contributed by atoms with Crippen LogP contribution in [0.2, 0.25) is 0 Å². The topological polar surface area (TPSA) is 116 Å². The van der Waals surface area contributed by atoms with Gasteiger partial charge < -0.3 is 19.7 Å². The van der Waals surface area contributed by atoms with Crippen LogP contribution >= 0.6 is 0 Å². The van der Waals surface area contributed by atoms with Gasteiger partial charge in [-0.15, -0.1) is 0 Å². The van der Waals surface area contributed by atoms with E-state index in [-0.39, 0.29) is 25.0 Å². The fourth-order valence-corrected chi connectivity index (χ4v) is 6.25. The normalized spacial score (nSPS) is 14.9. The molecule has 0 heterocycles. The number of rotatable bonds is 12. The zero-order valence-corrected chi connectivity index (χ0v) is 22.8. The first-order valence-electron chi connectivity index (χ1n) is 13.0. The largest absolute Gasteiger partial charge is 0.480 e. The van der Waals surface area contributed by atoms with Crippen molar-refractivity contribution in [1.29, 1.82) is 0 Å². The molecule has 0 aromatic heterocycles. The summed E-state index contributed by atoms with van der Waals surface area (Å²) in [5.41, 5.74) is 5.40. The predicted octanol–water partition coefficient (Wildman–Crippen LogP) is 4.73. The molecule has 39 heavy (non-hydrogen) atoms. The second kappa shape index (κ2) is 13.0. The number of carbonyl (C=O) groups is 2. The standard InChI is InChI=1S/C30H34N2O6S/c1-20(2)29(39(36)37)32(18-28(33)34)17-22(16-21-10-4-3-5-11-21)31-30(35)38-19-27-25-14-8-6-12-23(25)24-13-7-9-15-26(24)27/h3-15,20,22,27,29H,16-19H2,1-2H3,(H,31,35)(H,33,34)(H,36,37)/t22-,29-/m0/s1. The molecule has 206 valence electrons. The van der Waals surface area contributed by atoms with Crippen molar-refractivity contribution >= 4 is 23.1 Å². The van der Waals surface area contributed by atoms with Gasteiger partial charge in [-0.25, -0.2) is 9.00 Å². The van der Waals surface area contributed by atoms with Crippen molar-refractivity contribution in [2.75, 3.05) is 19.7 Å². The van der Waals surface area contributed by atoms with Crippen molar-refractivity contribution in [3.05, 3.63) is 95.6 Å². The number of aliphatic carboxylic acids is 1. The molecule has 9 heteroatoms. The third-order valence-electron chi connectivity index (χ3n) is 6.92. The first kappa shape index (κ1) is 28.5. The minimum atomic E-state index is -2.28. The van der Waals surface area contributed by atoms with Gasteiger partial charge in [0.05, 0.1) is 6.54 Å². The lowest BCUT2D eigenvalue weighted by molar-refractivity contribution is -0.138. The lowest BCUT2D eigenvalue weighted by Crippen LogP contribution is -2.52.